The molecule has 0 bridgehead atoms. The first-order valence-corrected chi connectivity index (χ1v) is 15.9. The Morgan fingerprint density at radius 3 is 2.57 bits per heavy atom. The number of carbonyl (C=O) groups is 2. The highest BCUT2D eigenvalue weighted by Gasteiger charge is 2.46. The molecule has 1 saturated carbocycles. The van der Waals surface area contributed by atoms with Crippen molar-refractivity contribution < 1.29 is 14.3 Å². The fourth-order valence-corrected chi connectivity index (χ4v) is 7.58. The quantitative estimate of drug-likeness (QED) is 0.359. The van der Waals surface area contributed by atoms with Crippen LogP contribution in [0.3, 0.4) is 0 Å². The van der Waals surface area contributed by atoms with Crippen molar-refractivity contribution in [3.8, 4) is 5.75 Å². The van der Waals surface area contributed by atoms with Gasteiger partial charge in [0, 0.05) is 38.8 Å². The van der Waals surface area contributed by atoms with E-state index < -0.39 is 5.91 Å². The number of benzene rings is 1. The zero-order valence-electron chi connectivity index (χ0n) is 25.5. The number of piperidine rings is 1. The van der Waals surface area contributed by atoms with E-state index in [-0.39, 0.29) is 11.8 Å². The average Bonchev–Trinajstić information content (AvgIpc) is 3.50. The first-order chi connectivity index (χ1) is 20.3. The van der Waals surface area contributed by atoms with Crippen LogP contribution in [-0.2, 0) is 22.6 Å². The van der Waals surface area contributed by atoms with Crippen LogP contribution in [0.4, 0.5) is 5.69 Å². The van der Waals surface area contributed by atoms with Gasteiger partial charge in [0.1, 0.15) is 17.3 Å². The van der Waals surface area contributed by atoms with Gasteiger partial charge in [-0.05, 0) is 74.9 Å². The predicted molar refractivity (Wildman–Crippen MR) is 162 cm³/mol. The number of nitrogens with two attached hydrogens (primary N) is 1. The SMILES string of the molecule is CCC1CN(C)C2=C(N[C@@](N)(Nc3cc4c(cc3OC)CN(C(=O)CN3CCCCC3)CC4)NC2=O)N1C1CCCC1. The number of hydrogen-bond acceptors (Lipinski definition) is 9. The van der Waals surface area contributed by atoms with Crippen molar-refractivity contribution in [2.75, 3.05) is 52.2 Å². The lowest BCUT2D eigenvalue weighted by molar-refractivity contribution is -0.133. The zero-order chi connectivity index (χ0) is 29.4. The van der Waals surface area contributed by atoms with Crippen molar-refractivity contribution in [3.63, 3.8) is 0 Å². The third kappa shape index (κ3) is 5.60. The Morgan fingerprint density at radius 1 is 1.10 bits per heavy atom. The minimum Gasteiger partial charge on any atom is -0.495 e. The monoisotopic (exact) mass is 580 g/mol. The number of hydrogen-bond donors (Lipinski definition) is 4. The second kappa shape index (κ2) is 11.8. The van der Waals surface area contributed by atoms with Crippen molar-refractivity contribution in [2.24, 2.45) is 5.73 Å². The number of ether oxygens (including phenoxy) is 1. The summed E-state index contributed by atoms with van der Waals surface area (Å²) in [5.74, 6) is 0.0206. The Morgan fingerprint density at radius 2 is 1.86 bits per heavy atom. The topological polar surface area (TPSA) is 118 Å². The van der Waals surface area contributed by atoms with Crippen LogP contribution in [0.2, 0.25) is 0 Å². The number of methoxy groups -OCH3 is 1. The molecule has 11 heteroatoms. The molecule has 6 rings (SSSR count). The van der Waals surface area contributed by atoms with E-state index in [4.69, 9.17) is 10.5 Å². The molecule has 1 aromatic rings. The van der Waals surface area contributed by atoms with Gasteiger partial charge in [0.05, 0.1) is 19.3 Å². The van der Waals surface area contributed by atoms with Crippen LogP contribution in [0.1, 0.15) is 69.4 Å². The third-order valence-corrected chi connectivity index (χ3v) is 9.80. The summed E-state index contributed by atoms with van der Waals surface area (Å²) in [4.78, 5) is 35.4. The fourth-order valence-electron chi connectivity index (χ4n) is 7.58. The highest BCUT2D eigenvalue weighted by Crippen LogP contribution is 2.37. The molecule has 0 radical (unpaired) electrons. The number of amides is 2. The molecule has 230 valence electrons. The van der Waals surface area contributed by atoms with Crippen LogP contribution in [0.5, 0.6) is 5.75 Å². The highest BCUT2D eigenvalue weighted by molar-refractivity contribution is 5.95. The molecule has 2 fully saturated rings. The summed E-state index contributed by atoms with van der Waals surface area (Å²) in [6, 6.07) is 4.76. The number of carbonyl (C=O) groups excluding carboxylic acids is 2. The number of rotatable bonds is 7. The summed E-state index contributed by atoms with van der Waals surface area (Å²) in [5, 5.41) is 9.87. The molecule has 1 unspecified atom stereocenters. The van der Waals surface area contributed by atoms with Gasteiger partial charge in [-0.15, -0.1) is 0 Å². The maximum atomic E-state index is 13.6. The van der Waals surface area contributed by atoms with Gasteiger partial charge in [-0.1, -0.05) is 26.2 Å². The lowest BCUT2D eigenvalue weighted by Crippen LogP contribution is -2.76. The molecule has 5 N–H and O–H groups in total. The second-order valence-electron chi connectivity index (χ2n) is 12.7. The summed E-state index contributed by atoms with van der Waals surface area (Å²) in [5.41, 5.74) is 10.5. The largest absolute Gasteiger partial charge is 0.495 e. The zero-order valence-corrected chi connectivity index (χ0v) is 25.5. The molecule has 42 heavy (non-hydrogen) atoms. The summed E-state index contributed by atoms with van der Waals surface area (Å²) < 4.78 is 5.80. The van der Waals surface area contributed by atoms with Crippen LogP contribution in [0, 0.1) is 0 Å². The van der Waals surface area contributed by atoms with E-state index in [9.17, 15) is 9.59 Å². The van der Waals surface area contributed by atoms with E-state index in [2.05, 4.69) is 43.6 Å². The average molecular weight is 581 g/mol. The molecule has 1 aromatic carbocycles. The van der Waals surface area contributed by atoms with Crippen LogP contribution < -0.4 is 26.4 Å². The molecule has 0 aromatic heterocycles. The second-order valence-corrected chi connectivity index (χ2v) is 12.7. The number of nitrogens with zero attached hydrogens (tertiary/aromatic N) is 4. The molecule has 1 saturated heterocycles. The Hall–Kier alpha value is -3.18. The van der Waals surface area contributed by atoms with Gasteiger partial charge < -0.3 is 30.1 Å². The highest BCUT2D eigenvalue weighted by atomic mass is 16.5. The molecule has 4 aliphatic heterocycles. The predicted octanol–water partition coefficient (Wildman–Crippen LogP) is 1.90. The molecular weight excluding hydrogens is 532 g/mol. The van der Waals surface area contributed by atoms with Gasteiger partial charge in [0.2, 0.25) is 11.8 Å². The molecule has 5 aliphatic rings. The summed E-state index contributed by atoms with van der Waals surface area (Å²) in [7, 11) is 3.62. The van der Waals surface area contributed by atoms with Crippen molar-refractivity contribution >= 4 is 17.5 Å². The van der Waals surface area contributed by atoms with Gasteiger partial charge in [-0.3, -0.25) is 25.5 Å². The van der Waals surface area contributed by atoms with Crippen LogP contribution in [0.25, 0.3) is 0 Å². The van der Waals surface area contributed by atoms with Crippen molar-refractivity contribution in [1.82, 2.24) is 30.2 Å². The summed E-state index contributed by atoms with van der Waals surface area (Å²) >= 11 is 0. The standard InChI is InChI=1S/C31H48N8O3/c1-4-23-19-36(2)28-29(39(23)24-10-6-7-11-24)34-31(32,35-30(28)41)33-25-16-21-12-15-38(18-22(21)17-26(25)42-3)27(40)20-37-13-8-5-9-14-37/h16-17,23-24,33-34H,4-15,18-20,32H2,1-3H3,(H,35,41)/t23?,31-/m1/s1. The van der Waals surface area contributed by atoms with Gasteiger partial charge in [-0.25, -0.2) is 0 Å². The first-order valence-electron chi connectivity index (χ1n) is 15.9. The minimum absolute atomic E-state index is 0.192. The third-order valence-electron chi connectivity index (χ3n) is 9.80. The lowest BCUT2D eigenvalue weighted by atomic mass is 9.98. The number of fused-ring (bicyclic) bond motifs is 1. The lowest BCUT2D eigenvalue weighted by Gasteiger charge is -2.52. The molecule has 11 nitrogen and oxygen atoms in total. The van der Waals surface area contributed by atoms with E-state index in [1.807, 2.05) is 18.0 Å². The van der Waals surface area contributed by atoms with Crippen LogP contribution in [-0.4, -0.2) is 96.3 Å². The summed E-state index contributed by atoms with van der Waals surface area (Å²) in [6.45, 7) is 6.79. The number of likely N-dealkylation sites (N-methyl/N-ethyl adjacent to an activating group) is 1. The van der Waals surface area contributed by atoms with Crippen molar-refractivity contribution in [3.05, 3.63) is 34.8 Å². The Labute approximate surface area is 249 Å². The maximum Gasteiger partial charge on any atom is 0.275 e. The van der Waals surface area contributed by atoms with Gasteiger partial charge in [0.25, 0.3) is 5.91 Å². The molecule has 2 atom stereocenters. The molecule has 0 spiro atoms. The van der Waals surface area contributed by atoms with Crippen molar-refractivity contribution in [2.45, 2.75) is 89.3 Å². The summed E-state index contributed by atoms with van der Waals surface area (Å²) in [6.07, 6.45) is 10.0. The van der Waals surface area contributed by atoms with Gasteiger partial charge in [-0.2, -0.15) is 0 Å². The maximum absolute atomic E-state index is 13.6. The smallest absolute Gasteiger partial charge is 0.275 e. The fraction of sp³-hybridized carbons (Fsp3) is 0.677. The van der Waals surface area contributed by atoms with Gasteiger partial charge >= 0.3 is 0 Å². The Balaban J connectivity index is 1.21. The van der Waals surface area contributed by atoms with E-state index >= 15 is 0 Å². The van der Waals surface area contributed by atoms with Crippen LogP contribution in [0.15, 0.2) is 23.7 Å². The van der Waals surface area contributed by atoms with Crippen molar-refractivity contribution in [1.29, 1.82) is 0 Å². The minimum atomic E-state index is -1.41. The van der Waals surface area contributed by atoms with E-state index in [0.717, 1.165) is 62.3 Å². The number of likely N-dealkylation sites (tertiary alicyclic amines) is 1. The van der Waals surface area contributed by atoms with E-state index in [0.29, 0.717) is 48.9 Å². The normalized spacial score (nSPS) is 26.9. The first kappa shape index (κ1) is 28.9. The Kier molecular flexibility index (Phi) is 8.15. The van der Waals surface area contributed by atoms with Crippen LogP contribution >= 0.6 is 0 Å². The number of anilines is 1. The molecule has 1 aliphatic carbocycles. The Bertz CT molecular complexity index is 1220. The molecular formula is C31H48N8O3. The van der Waals surface area contributed by atoms with E-state index in [1.165, 1.54) is 32.1 Å². The number of nitrogens with one attached hydrogen (secondary N) is 3. The van der Waals surface area contributed by atoms with E-state index in [1.54, 1.807) is 7.11 Å². The molecule has 2 amide bonds. The molecule has 4 heterocycles. The van der Waals surface area contributed by atoms with Gasteiger partial charge in [0.15, 0.2) is 0 Å².